The van der Waals surface area contributed by atoms with Gasteiger partial charge in [-0.25, -0.2) is 0 Å². The third-order valence-corrected chi connectivity index (χ3v) is 2.52. The predicted molar refractivity (Wildman–Crippen MR) is 34.5 cm³/mol. The molecule has 1 aliphatic carbocycles. The second-order valence-corrected chi connectivity index (χ2v) is 3.21. The molecule has 0 spiro atoms. The molecular formula is C7H12O3. The Kier molecular flexibility index (Phi) is 1.14. The summed E-state index contributed by atoms with van der Waals surface area (Å²) in [6, 6.07) is 0. The molecule has 0 radical (unpaired) electrons. The molecule has 1 heterocycles. The van der Waals surface area contributed by atoms with Crippen LogP contribution >= 0.6 is 0 Å². The van der Waals surface area contributed by atoms with E-state index in [2.05, 4.69) is 0 Å². The number of aliphatic hydroxyl groups excluding tert-OH is 1. The fourth-order valence-corrected chi connectivity index (χ4v) is 1.64. The summed E-state index contributed by atoms with van der Waals surface area (Å²) in [6.07, 6.45) is 0.531. The normalized spacial score (nSPS) is 58.5. The lowest BCUT2D eigenvalue weighted by atomic mass is 10.1. The van der Waals surface area contributed by atoms with Gasteiger partial charge in [0.05, 0.1) is 12.2 Å². The Labute approximate surface area is 59.6 Å². The molecule has 2 rings (SSSR count). The number of hydrogen-bond acceptors (Lipinski definition) is 3. The van der Waals surface area contributed by atoms with Gasteiger partial charge in [0.15, 0.2) is 0 Å². The van der Waals surface area contributed by atoms with Gasteiger partial charge in [0, 0.05) is 6.42 Å². The highest BCUT2D eigenvalue weighted by Gasteiger charge is 2.67. The van der Waals surface area contributed by atoms with Crippen molar-refractivity contribution in [2.75, 3.05) is 0 Å². The molecule has 0 aromatic heterocycles. The van der Waals surface area contributed by atoms with Crippen LogP contribution in [-0.4, -0.2) is 34.1 Å². The zero-order valence-corrected chi connectivity index (χ0v) is 5.95. The standard InChI is InChI=1S/C7H12O3/c1-2-4-6(8)7(9)3-5(7)10-4/h4-6,8-9H,2-3H2,1H3/t4?,5?,6?,7-/m0/s1. The fraction of sp³-hybridized carbons (Fsp3) is 1.00. The van der Waals surface area contributed by atoms with Gasteiger partial charge in [0.1, 0.15) is 11.7 Å². The Morgan fingerprint density at radius 2 is 2.40 bits per heavy atom. The average Bonchev–Trinajstić information content (AvgIpc) is 2.51. The first-order valence-electron chi connectivity index (χ1n) is 3.74. The molecular weight excluding hydrogens is 132 g/mol. The van der Waals surface area contributed by atoms with E-state index in [1.807, 2.05) is 6.92 Å². The van der Waals surface area contributed by atoms with Gasteiger partial charge in [-0.3, -0.25) is 0 Å². The van der Waals surface area contributed by atoms with Crippen molar-refractivity contribution in [1.29, 1.82) is 0 Å². The second kappa shape index (κ2) is 1.72. The summed E-state index contributed by atoms with van der Waals surface area (Å²) < 4.78 is 5.30. The average molecular weight is 144 g/mol. The largest absolute Gasteiger partial charge is 0.387 e. The highest BCUT2D eigenvalue weighted by atomic mass is 16.6. The Morgan fingerprint density at radius 3 is 2.70 bits per heavy atom. The van der Waals surface area contributed by atoms with Gasteiger partial charge >= 0.3 is 0 Å². The van der Waals surface area contributed by atoms with E-state index in [-0.39, 0.29) is 12.2 Å². The van der Waals surface area contributed by atoms with Crippen LogP contribution < -0.4 is 0 Å². The van der Waals surface area contributed by atoms with Crippen LogP contribution in [0.15, 0.2) is 0 Å². The van der Waals surface area contributed by atoms with E-state index in [0.717, 1.165) is 6.42 Å². The molecule has 0 aromatic carbocycles. The van der Waals surface area contributed by atoms with Crippen molar-refractivity contribution in [3.05, 3.63) is 0 Å². The zero-order valence-electron chi connectivity index (χ0n) is 5.95. The molecule has 2 fully saturated rings. The van der Waals surface area contributed by atoms with E-state index in [0.29, 0.717) is 6.42 Å². The number of rotatable bonds is 1. The quantitative estimate of drug-likeness (QED) is 0.529. The lowest BCUT2D eigenvalue weighted by Gasteiger charge is -2.16. The van der Waals surface area contributed by atoms with Crippen LogP contribution in [0.1, 0.15) is 19.8 Å². The third kappa shape index (κ3) is 0.603. The van der Waals surface area contributed by atoms with Crippen LogP contribution in [0, 0.1) is 0 Å². The van der Waals surface area contributed by atoms with Gasteiger partial charge in [0.2, 0.25) is 0 Å². The number of fused-ring (bicyclic) bond motifs is 1. The number of ether oxygens (including phenoxy) is 1. The molecule has 3 unspecified atom stereocenters. The maximum absolute atomic E-state index is 9.46. The highest BCUT2D eigenvalue weighted by molar-refractivity contribution is 5.17. The molecule has 1 aliphatic heterocycles. The first-order valence-corrected chi connectivity index (χ1v) is 3.74. The molecule has 3 heteroatoms. The Bertz CT molecular complexity index is 159. The van der Waals surface area contributed by atoms with E-state index in [1.165, 1.54) is 0 Å². The van der Waals surface area contributed by atoms with Gasteiger partial charge in [-0.1, -0.05) is 6.92 Å². The molecule has 1 saturated heterocycles. The zero-order chi connectivity index (χ0) is 7.35. The molecule has 2 aliphatic rings. The molecule has 0 aromatic rings. The summed E-state index contributed by atoms with van der Waals surface area (Å²) in [4.78, 5) is 0. The van der Waals surface area contributed by atoms with Crippen LogP contribution in [0.2, 0.25) is 0 Å². The second-order valence-electron chi connectivity index (χ2n) is 3.21. The minimum Gasteiger partial charge on any atom is -0.387 e. The third-order valence-electron chi connectivity index (χ3n) is 2.52. The van der Waals surface area contributed by atoms with Gasteiger partial charge < -0.3 is 14.9 Å². The van der Waals surface area contributed by atoms with Crippen molar-refractivity contribution in [2.24, 2.45) is 0 Å². The number of aliphatic hydroxyl groups is 2. The molecule has 58 valence electrons. The van der Waals surface area contributed by atoms with Gasteiger partial charge in [0.25, 0.3) is 0 Å². The molecule has 3 nitrogen and oxygen atoms in total. The van der Waals surface area contributed by atoms with Crippen molar-refractivity contribution >= 4 is 0 Å². The van der Waals surface area contributed by atoms with Crippen LogP contribution in [0.4, 0.5) is 0 Å². The van der Waals surface area contributed by atoms with E-state index < -0.39 is 11.7 Å². The van der Waals surface area contributed by atoms with Crippen molar-refractivity contribution in [3.63, 3.8) is 0 Å². The molecule has 2 N–H and O–H groups in total. The monoisotopic (exact) mass is 144 g/mol. The Morgan fingerprint density at radius 1 is 1.70 bits per heavy atom. The summed E-state index contributed by atoms with van der Waals surface area (Å²) in [5, 5.41) is 18.8. The SMILES string of the molecule is CCC1OC2C[C@@]2(O)C1O. The van der Waals surface area contributed by atoms with Crippen LogP contribution in [0.25, 0.3) is 0 Å². The summed E-state index contributed by atoms with van der Waals surface area (Å²) in [7, 11) is 0. The van der Waals surface area contributed by atoms with E-state index in [1.54, 1.807) is 0 Å². The smallest absolute Gasteiger partial charge is 0.122 e. The van der Waals surface area contributed by atoms with E-state index in [4.69, 9.17) is 4.74 Å². The highest BCUT2D eigenvalue weighted by Crippen LogP contribution is 2.50. The minimum absolute atomic E-state index is 0.0764. The van der Waals surface area contributed by atoms with Gasteiger partial charge in [-0.2, -0.15) is 0 Å². The predicted octanol–water partition coefficient (Wildman–Crippen LogP) is -0.340. The first-order chi connectivity index (χ1) is 4.68. The van der Waals surface area contributed by atoms with Crippen molar-refractivity contribution in [3.8, 4) is 0 Å². The fourth-order valence-electron chi connectivity index (χ4n) is 1.64. The topological polar surface area (TPSA) is 49.7 Å². The molecule has 4 atom stereocenters. The lowest BCUT2D eigenvalue weighted by Crippen LogP contribution is -2.34. The Hall–Kier alpha value is -0.120. The molecule has 0 amide bonds. The van der Waals surface area contributed by atoms with E-state index in [9.17, 15) is 10.2 Å². The van der Waals surface area contributed by atoms with Crippen molar-refractivity contribution < 1.29 is 14.9 Å². The van der Waals surface area contributed by atoms with Crippen LogP contribution in [0.5, 0.6) is 0 Å². The van der Waals surface area contributed by atoms with Crippen molar-refractivity contribution in [1.82, 2.24) is 0 Å². The molecule has 10 heavy (non-hydrogen) atoms. The van der Waals surface area contributed by atoms with E-state index >= 15 is 0 Å². The molecule has 0 bridgehead atoms. The maximum atomic E-state index is 9.46. The van der Waals surface area contributed by atoms with Gasteiger partial charge in [-0.05, 0) is 6.42 Å². The Balaban J connectivity index is 2.09. The molecule has 1 saturated carbocycles. The minimum atomic E-state index is -0.874. The van der Waals surface area contributed by atoms with Gasteiger partial charge in [-0.15, -0.1) is 0 Å². The lowest BCUT2D eigenvalue weighted by molar-refractivity contribution is -0.0282. The summed E-state index contributed by atoms with van der Waals surface area (Å²) in [6.45, 7) is 1.95. The van der Waals surface area contributed by atoms with Crippen LogP contribution in [0.3, 0.4) is 0 Å². The van der Waals surface area contributed by atoms with Crippen LogP contribution in [-0.2, 0) is 4.74 Å². The summed E-state index contributed by atoms with van der Waals surface area (Å²) in [5.41, 5.74) is -0.874. The maximum Gasteiger partial charge on any atom is 0.122 e. The van der Waals surface area contributed by atoms with Crippen molar-refractivity contribution in [2.45, 2.75) is 43.7 Å². The summed E-state index contributed by atoms with van der Waals surface area (Å²) >= 11 is 0. The summed E-state index contributed by atoms with van der Waals surface area (Å²) in [5.74, 6) is 0. The number of hydrogen-bond donors (Lipinski definition) is 2. The first kappa shape index (κ1) is 6.58.